The molecule has 2 aromatic heterocycles. The molecule has 0 aliphatic heterocycles. The molecule has 1 aliphatic rings. The first-order valence-electron chi connectivity index (χ1n) is 11.5. The summed E-state index contributed by atoms with van der Waals surface area (Å²) in [6.07, 6.45) is 1.98. The number of hydrogen-bond acceptors (Lipinski definition) is 2. The highest BCUT2D eigenvalue weighted by atomic mass is 28.3. The molecule has 0 radical (unpaired) electrons. The molecule has 0 amide bonds. The minimum atomic E-state index is -1.60. The fourth-order valence-electron chi connectivity index (χ4n) is 5.76. The lowest BCUT2D eigenvalue weighted by Gasteiger charge is -2.30. The third-order valence-electron chi connectivity index (χ3n) is 7.36. The van der Waals surface area contributed by atoms with E-state index < -0.39 is 8.07 Å². The second-order valence-electron chi connectivity index (χ2n) is 11.0. The molecular formula is C29H29NOSi. The van der Waals surface area contributed by atoms with Gasteiger partial charge in [-0.15, -0.1) is 0 Å². The van der Waals surface area contributed by atoms with Gasteiger partial charge < -0.3 is 4.42 Å². The molecular weight excluding hydrogens is 406 g/mol. The summed E-state index contributed by atoms with van der Waals surface area (Å²) in [4.78, 5) is 5.03. The van der Waals surface area contributed by atoms with E-state index in [0.717, 1.165) is 22.4 Å². The molecule has 0 spiro atoms. The van der Waals surface area contributed by atoms with Crippen LogP contribution in [0.1, 0.15) is 36.1 Å². The first kappa shape index (κ1) is 19.7. The number of nitrogens with zero attached hydrogens (tertiary/aromatic N) is 1. The standard InChI is InChI=1S/C29H29NOSi/c1-16-8-10-19-18(14-16)9-11-20-25(19)29(3,4)21-12-13-22(32(5,6)7)28-23(21)24-26(20)30-15-17(2)27(24)31-28/h8-15H,1-7H3. The van der Waals surface area contributed by atoms with Crippen LogP contribution < -0.4 is 5.19 Å². The van der Waals surface area contributed by atoms with Crippen LogP contribution in [0.25, 0.3) is 44.0 Å². The summed E-state index contributed by atoms with van der Waals surface area (Å²) in [6.45, 7) is 16.2. The second-order valence-corrected chi connectivity index (χ2v) is 16.1. The molecule has 0 fully saturated rings. The summed E-state index contributed by atoms with van der Waals surface area (Å²) < 4.78 is 6.70. The predicted octanol–water partition coefficient (Wildman–Crippen LogP) is 7.60. The van der Waals surface area contributed by atoms with Gasteiger partial charge in [0.15, 0.2) is 0 Å². The molecule has 3 aromatic carbocycles. The summed E-state index contributed by atoms with van der Waals surface area (Å²) in [5, 5.41) is 6.46. The van der Waals surface area contributed by atoms with Crippen molar-refractivity contribution in [2.75, 3.05) is 0 Å². The molecule has 5 aromatic rings. The first-order valence-corrected chi connectivity index (χ1v) is 15.0. The van der Waals surface area contributed by atoms with Crippen LogP contribution in [-0.4, -0.2) is 13.1 Å². The molecule has 0 atom stereocenters. The van der Waals surface area contributed by atoms with Crippen molar-refractivity contribution < 1.29 is 4.42 Å². The van der Waals surface area contributed by atoms with E-state index in [1.807, 2.05) is 6.20 Å². The first-order chi connectivity index (χ1) is 15.1. The van der Waals surface area contributed by atoms with Gasteiger partial charge in [-0.05, 0) is 40.9 Å². The molecule has 2 heterocycles. The fraction of sp³-hybridized carbons (Fsp3) is 0.276. The number of fused-ring (bicyclic) bond motifs is 4. The van der Waals surface area contributed by atoms with Crippen molar-refractivity contribution >= 4 is 46.0 Å². The minimum Gasteiger partial charge on any atom is -0.456 e. The molecule has 0 saturated carbocycles. The van der Waals surface area contributed by atoms with Gasteiger partial charge in [0.1, 0.15) is 11.2 Å². The summed E-state index contributed by atoms with van der Waals surface area (Å²) in [5.41, 5.74) is 9.26. The molecule has 3 heteroatoms. The van der Waals surface area contributed by atoms with Gasteiger partial charge in [-0.2, -0.15) is 0 Å². The summed E-state index contributed by atoms with van der Waals surface area (Å²) in [7, 11) is -1.60. The van der Waals surface area contributed by atoms with Crippen molar-refractivity contribution in [2.24, 2.45) is 0 Å². The topological polar surface area (TPSA) is 26.0 Å². The van der Waals surface area contributed by atoms with Crippen LogP contribution in [0.15, 0.2) is 53.1 Å². The largest absolute Gasteiger partial charge is 0.456 e. The predicted molar refractivity (Wildman–Crippen MR) is 139 cm³/mol. The zero-order chi connectivity index (χ0) is 22.6. The maximum absolute atomic E-state index is 6.70. The number of furan rings is 1. The van der Waals surface area contributed by atoms with Gasteiger partial charge in [0.25, 0.3) is 0 Å². The third-order valence-corrected chi connectivity index (χ3v) is 9.37. The molecule has 2 nitrogen and oxygen atoms in total. The smallest absolute Gasteiger partial charge is 0.142 e. The Hall–Kier alpha value is -2.91. The number of benzene rings is 3. The van der Waals surface area contributed by atoms with E-state index in [0.29, 0.717) is 0 Å². The Bertz CT molecular complexity index is 1600. The Balaban J connectivity index is 1.90. The van der Waals surface area contributed by atoms with Gasteiger partial charge in [0.2, 0.25) is 0 Å². The van der Waals surface area contributed by atoms with E-state index in [4.69, 9.17) is 9.40 Å². The molecule has 0 N–H and O–H groups in total. The van der Waals surface area contributed by atoms with E-state index in [9.17, 15) is 0 Å². The van der Waals surface area contributed by atoms with Crippen LogP contribution in [0, 0.1) is 13.8 Å². The Morgan fingerprint density at radius 2 is 1.66 bits per heavy atom. The van der Waals surface area contributed by atoms with Gasteiger partial charge in [-0.3, -0.25) is 4.98 Å². The monoisotopic (exact) mass is 435 g/mol. The molecule has 0 saturated heterocycles. The van der Waals surface area contributed by atoms with E-state index in [2.05, 4.69) is 89.8 Å². The summed E-state index contributed by atoms with van der Waals surface area (Å²) >= 11 is 0. The lowest BCUT2D eigenvalue weighted by molar-refractivity contribution is 0.648. The van der Waals surface area contributed by atoms with Gasteiger partial charge in [-0.25, -0.2) is 0 Å². The normalized spacial score (nSPS) is 15.0. The van der Waals surface area contributed by atoms with Crippen molar-refractivity contribution in [3.8, 4) is 11.3 Å². The lowest BCUT2D eigenvalue weighted by Crippen LogP contribution is -2.38. The van der Waals surface area contributed by atoms with Crippen molar-refractivity contribution in [1.82, 2.24) is 4.98 Å². The van der Waals surface area contributed by atoms with Gasteiger partial charge in [-0.1, -0.05) is 81.5 Å². The van der Waals surface area contributed by atoms with E-state index in [1.165, 1.54) is 49.0 Å². The van der Waals surface area contributed by atoms with Crippen molar-refractivity contribution in [3.05, 3.63) is 70.9 Å². The zero-order valence-corrected chi connectivity index (χ0v) is 21.0. The average Bonchev–Trinajstić information content (AvgIpc) is 3.09. The van der Waals surface area contributed by atoms with Crippen molar-refractivity contribution in [1.29, 1.82) is 0 Å². The zero-order valence-electron chi connectivity index (χ0n) is 20.0. The van der Waals surface area contributed by atoms with Crippen molar-refractivity contribution in [2.45, 2.75) is 52.8 Å². The molecule has 0 unspecified atom stereocenters. The fourth-order valence-corrected chi connectivity index (χ4v) is 7.20. The quantitative estimate of drug-likeness (QED) is 0.253. The highest BCUT2D eigenvalue weighted by Gasteiger charge is 2.37. The van der Waals surface area contributed by atoms with Crippen LogP contribution in [-0.2, 0) is 5.41 Å². The van der Waals surface area contributed by atoms with Gasteiger partial charge in [0, 0.05) is 28.1 Å². The second kappa shape index (κ2) is 6.11. The summed E-state index contributed by atoms with van der Waals surface area (Å²) in [6, 6.07) is 16.1. The van der Waals surface area contributed by atoms with E-state index in [-0.39, 0.29) is 5.41 Å². The number of aromatic nitrogens is 1. The van der Waals surface area contributed by atoms with E-state index in [1.54, 1.807) is 0 Å². The Labute approximate surface area is 190 Å². The van der Waals surface area contributed by atoms with Crippen LogP contribution in [0.5, 0.6) is 0 Å². The minimum absolute atomic E-state index is 0.189. The highest BCUT2D eigenvalue weighted by Crippen LogP contribution is 2.51. The molecule has 0 bridgehead atoms. The Kier molecular flexibility index (Phi) is 3.77. The maximum Gasteiger partial charge on any atom is 0.142 e. The molecule has 6 rings (SSSR count). The number of rotatable bonds is 1. The molecule has 160 valence electrons. The van der Waals surface area contributed by atoms with Gasteiger partial charge in [0.05, 0.1) is 19.2 Å². The average molecular weight is 436 g/mol. The van der Waals surface area contributed by atoms with Crippen LogP contribution in [0.4, 0.5) is 0 Å². The Morgan fingerprint density at radius 1 is 0.875 bits per heavy atom. The molecule has 1 aliphatic carbocycles. The van der Waals surface area contributed by atoms with E-state index >= 15 is 0 Å². The Morgan fingerprint density at radius 3 is 2.41 bits per heavy atom. The van der Waals surface area contributed by atoms with Crippen molar-refractivity contribution in [3.63, 3.8) is 0 Å². The number of aryl methyl sites for hydroxylation is 2. The number of pyridine rings is 1. The van der Waals surface area contributed by atoms with Crippen LogP contribution >= 0.6 is 0 Å². The maximum atomic E-state index is 6.70. The number of hydrogen-bond donors (Lipinski definition) is 0. The highest BCUT2D eigenvalue weighted by molar-refractivity contribution is 6.90. The molecule has 32 heavy (non-hydrogen) atoms. The summed E-state index contributed by atoms with van der Waals surface area (Å²) in [5.74, 6) is 0. The van der Waals surface area contributed by atoms with Gasteiger partial charge >= 0.3 is 0 Å². The SMILES string of the molecule is Cc1ccc2c3c(ccc2c1)-c1ncc(C)c2oc4c([Si](C)(C)C)ccc(c4c12)C3(C)C. The lowest BCUT2D eigenvalue weighted by atomic mass is 9.74. The third kappa shape index (κ3) is 2.43. The van der Waals surface area contributed by atoms with Crippen LogP contribution in [0.3, 0.4) is 0 Å². The van der Waals surface area contributed by atoms with Crippen LogP contribution in [0.2, 0.25) is 19.6 Å².